The minimum absolute atomic E-state index is 0.687. The molecule has 1 aliphatic rings. The fourth-order valence-electron chi connectivity index (χ4n) is 2.02. The summed E-state index contributed by atoms with van der Waals surface area (Å²) < 4.78 is 0. The first kappa shape index (κ1) is 12.6. The summed E-state index contributed by atoms with van der Waals surface area (Å²) in [4.78, 5) is 4.53. The van der Waals surface area contributed by atoms with Crippen LogP contribution in [0.15, 0.2) is 0 Å². The molecule has 5 heteroatoms. The Kier molecular flexibility index (Phi) is 4.59. The molecule has 0 radical (unpaired) electrons. The molecule has 0 aromatic carbocycles. The predicted octanol–water partition coefficient (Wildman–Crippen LogP) is 2.30. The molecule has 0 saturated carbocycles. The Hall–Kier alpha value is -0.840. The van der Waals surface area contributed by atoms with E-state index in [4.69, 9.17) is 0 Å². The average Bonchev–Trinajstić information content (AvgIpc) is 2.89. The zero-order valence-electron chi connectivity index (χ0n) is 10.6. The van der Waals surface area contributed by atoms with E-state index in [0.717, 1.165) is 36.0 Å². The minimum atomic E-state index is 0.687. The molecule has 4 nitrogen and oxygen atoms in total. The van der Waals surface area contributed by atoms with Gasteiger partial charge in [-0.25, -0.2) is 4.98 Å². The van der Waals surface area contributed by atoms with Crippen molar-refractivity contribution in [2.45, 2.75) is 44.8 Å². The van der Waals surface area contributed by atoms with E-state index in [1.54, 1.807) is 0 Å². The van der Waals surface area contributed by atoms with Crippen molar-refractivity contribution in [1.82, 2.24) is 15.2 Å². The lowest BCUT2D eigenvalue weighted by atomic mass is 10.2. The Morgan fingerprint density at radius 3 is 2.71 bits per heavy atom. The van der Waals surface area contributed by atoms with E-state index in [-0.39, 0.29) is 0 Å². The average molecular weight is 252 g/mol. The first-order valence-electron chi connectivity index (χ1n) is 6.41. The van der Waals surface area contributed by atoms with Crippen LogP contribution < -0.4 is 5.32 Å². The Morgan fingerprint density at radius 2 is 2.06 bits per heavy atom. The van der Waals surface area contributed by atoms with Crippen molar-refractivity contribution < 1.29 is 0 Å². The van der Waals surface area contributed by atoms with Gasteiger partial charge in [0.1, 0.15) is 0 Å². The maximum Gasteiger partial charge on any atom is 0.243 e. The molecular weight excluding hydrogens is 232 g/mol. The lowest BCUT2D eigenvalue weighted by molar-refractivity contribution is 0.782. The topological polar surface area (TPSA) is 50.7 Å². The summed E-state index contributed by atoms with van der Waals surface area (Å²) in [6.07, 6.45) is 4.47. The zero-order valence-corrected chi connectivity index (χ0v) is 11.4. The standard InChI is InChI=1S/C12H20N4S/c1-3-10-11(4-2)15-16-12(14-10)13-8-9-6-5-7-17-9/h9H,3-8H2,1-2H3,(H,13,14,16). The fourth-order valence-corrected chi connectivity index (χ4v) is 3.22. The number of hydrogen-bond donors (Lipinski definition) is 1. The molecule has 1 aliphatic heterocycles. The van der Waals surface area contributed by atoms with Gasteiger partial charge in [-0.05, 0) is 31.4 Å². The summed E-state index contributed by atoms with van der Waals surface area (Å²) in [7, 11) is 0. The molecule has 2 rings (SSSR count). The number of thioether (sulfide) groups is 1. The van der Waals surface area contributed by atoms with Crippen LogP contribution in [0.2, 0.25) is 0 Å². The number of rotatable bonds is 5. The lowest BCUT2D eigenvalue weighted by Crippen LogP contribution is -2.17. The highest BCUT2D eigenvalue weighted by molar-refractivity contribution is 8.00. The number of anilines is 1. The molecule has 1 saturated heterocycles. The van der Waals surface area contributed by atoms with Crippen LogP contribution in [0.3, 0.4) is 0 Å². The molecular formula is C12H20N4S. The van der Waals surface area contributed by atoms with Crippen LogP contribution in [0.4, 0.5) is 5.95 Å². The normalized spacial score (nSPS) is 19.5. The van der Waals surface area contributed by atoms with Gasteiger partial charge in [-0.2, -0.15) is 16.9 Å². The number of nitrogens with zero attached hydrogens (tertiary/aromatic N) is 3. The van der Waals surface area contributed by atoms with Gasteiger partial charge in [-0.15, -0.1) is 5.10 Å². The third-order valence-corrected chi connectivity index (χ3v) is 4.42. The third-order valence-electron chi connectivity index (χ3n) is 3.02. The van der Waals surface area contributed by atoms with Gasteiger partial charge in [0.2, 0.25) is 5.95 Å². The molecule has 0 amide bonds. The van der Waals surface area contributed by atoms with Gasteiger partial charge in [0.15, 0.2) is 0 Å². The van der Waals surface area contributed by atoms with Crippen molar-refractivity contribution in [3.63, 3.8) is 0 Å². The molecule has 1 N–H and O–H groups in total. The van der Waals surface area contributed by atoms with E-state index in [1.807, 2.05) is 11.8 Å². The van der Waals surface area contributed by atoms with Crippen LogP contribution in [0.5, 0.6) is 0 Å². The molecule has 0 aliphatic carbocycles. The Bertz CT molecular complexity index is 364. The fraction of sp³-hybridized carbons (Fsp3) is 0.750. The van der Waals surface area contributed by atoms with Crippen molar-refractivity contribution in [1.29, 1.82) is 0 Å². The van der Waals surface area contributed by atoms with Crippen LogP contribution in [0.25, 0.3) is 0 Å². The summed E-state index contributed by atoms with van der Waals surface area (Å²) in [5.41, 5.74) is 2.09. The first-order chi connectivity index (χ1) is 8.33. The Labute approximate surface area is 107 Å². The highest BCUT2D eigenvalue weighted by Crippen LogP contribution is 2.25. The second-order valence-electron chi connectivity index (χ2n) is 4.25. The SMILES string of the molecule is CCc1nnc(NCC2CCCS2)nc1CC. The lowest BCUT2D eigenvalue weighted by Gasteiger charge is -2.11. The second-order valence-corrected chi connectivity index (χ2v) is 5.66. The second kappa shape index (κ2) is 6.19. The quantitative estimate of drug-likeness (QED) is 0.871. The Balaban J connectivity index is 1.95. The summed E-state index contributed by atoms with van der Waals surface area (Å²) in [5.74, 6) is 1.98. The van der Waals surface area contributed by atoms with Crippen molar-refractivity contribution in [3.8, 4) is 0 Å². The van der Waals surface area contributed by atoms with E-state index in [1.165, 1.54) is 18.6 Å². The Morgan fingerprint density at radius 1 is 1.24 bits per heavy atom. The highest BCUT2D eigenvalue weighted by Gasteiger charge is 2.15. The van der Waals surface area contributed by atoms with Crippen LogP contribution in [0, 0.1) is 0 Å². The molecule has 0 bridgehead atoms. The van der Waals surface area contributed by atoms with Gasteiger partial charge < -0.3 is 5.32 Å². The molecule has 1 aromatic rings. The monoisotopic (exact) mass is 252 g/mol. The van der Waals surface area contributed by atoms with Crippen molar-refractivity contribution >= 4 is 17.7 Å². The van der Waals surface area contributed by atoms with E-state index in [2.05, 4.69) is 34.3 Å². The van der Waals surface area contributed by atoms with E-state index in [0.29, 0.717) is 5.95 Å². The zero-order chi connectivity index (χ0) is 12.1. The third kappa shape index (κ3) is 3.31. The van der Waals surface area contributed by atoms with Crippen LogP contribution in [-0.2, 0) is 12.8 Å². The van der Waals surface area contributed by atoms with Crippen molar-refractivity contribution in [3.05, 3.63) is 11.4 Å². The van der Waals surface area contributed by atoms with Crippen molar-refractivity contribution in [2.75, 3.05) is 17.6 Å². The summed E-state index contributed by atoms with van der Waals surface area (Å²) >= 11 is 2.04. The van der Waals surface area contributed by atoms with Gasteiger partial charge in [0.05, 0.1) is 11.4 Å². The maximum absolute atomic E-state index is 4.53. The largest absolute Gasteiger partial charge is 0.352 e. The smallest absolute Gasteiger partial charge is 0.243 e. The number of hydrogen-bond acceptors (Lipinski definition) is 5. The molecule has 17 heavy (non-hydrogen) atoms. The van der Waals surface area contributed by atoms with Gasteiger partial charge in [0.25, 0.3) is 0 Å². The summed E-state index contributed by atoms with van der Waals surface area (Å²) in [6, 6.07) is 0. The van der Waals surface area contributed by atoms with E-state index < -0.39 is 0 Å². The van der Waals surface area contributed by atoms with Crippen molar-refractivity contribution in [2.24, 2.45) is 0 Å². The van der Waals surface area contributed by atoms with Gasteiger partial charge >= 0.3 is 0 Å². The number of nitrogens with one attached hydrogen (secondary N) is 1. The molecule has 1 fully saturated rings. The maximum atomic E-state index is 4.53. The van der Waals surface area contributed by atoms with Crippen LogP contribution in [0.1, 0.15) is 38.1 Å². The molecule has 94 valence electrons. The molecule has 1 aromatic heterocycles. The number of aryl methyl sites for hydroxylation is 2. The number of aromatic nitrogens is 3. The predicted molar refractivity (Wildman–Crippen MR) is 72.6 cm³/mol. The molecule has 1 unspecified atom stereocenters. The van der Waals surface area contributed by atoms with E-state index in [9.17, 15) is 0 Å². The molecule has 2 heterocycles. The highest BCUT2D eigenvalue weighted by atomic mass is 32.2. The first-order valence-corrected chi connectivity index (χ1v) is 7.46. The summed E-state index contributed by atoms with van der Waals surface area (Å²) in [5, 5.41) is 12.4. The molecule has 1 atom stereocenters. The minimum Gasteiger partial charge on any atom is -0.352 e. The van der Waals surface area contributed by atoms with Crippen LogP contribution >= 0.6 is 11.8 Å². The van der Waals surface area contributed by atoms with E-state index >= 15 is 0 Å². The van der Waals surface area contributed by atoms with Gasteiger partial charge in [-0.1, -0.05) is 13.8 Å². The summed E-state index contributed by atoms with van der Waals surface area (Å²) in [6.45, 7) is 5.16. The van der Waals surface area contributed by atoms with Crippen LogP contribution in [-0.4, -0.2) is 32.7 Å². The van der Waals surface area contributed by atoms with Gasteiger partial charge in [0, 0.05) is 11.8 Å². The van der Waals surface area contributed by atoms with Gasteiger partial charge in [-0.3, -0.25) is 0 Å². The molecule has 0 spiro atoms.